The minimum Gasteiger partial charge on any atom is -0.381 e. The Balaban J connectivity index is 1.53. The summed E-state index contributed by atoms with van der Waals surface area (Å²) in [5, 5.41) is 3.26. The van der Waals surface area contributed by atoms with Crippen molar-refractivity contribution in [3.8, 4) is 0 Å². The third kappa shape index (κ3) is 7.29. The molecular weight excluding hydrogens is 524 g/mol. The lowest BCUT2D eigenvalue weighted by Crippen LogP contribution is -2.58. The summed E-state index contributed by atoms with van der Waals surface area (Å²) in [6.45, 7) is 4.05. The molecule has 2 saturated heterocycles. The van der Waals surface area contributed by atoms with Gasteiger partial charge in [-0.05, 0) is 73.4 Å². The normalized spacial score (nSPS) is 22.9. The second kappa shape index (κ2) is 13.0. The highest BCUT2D eigenvalue weighted by Crippen LogP contribution is 2.35. The van der Waals surface area contributed by atoms with Crippen LogP contribution in [-0.4, -0.2) is 69.2 Å². The Kier molecular flexibility index (Phi) is 9.87. The number of Topliss-reactive ketones (excluding diaryl/α,β-unsaturated/α-hetero) is 1. The number of halogens is 2. The molecule has 2 aliphatic rings. The lowest BCUT2D eigenvalue weighted by Gasteiger charge is -2.39. The summed E-state index contributed by atoms with van der Waals surface area (Å²) in [6.07, 6.45) is 3.37. The minimum absolute atomic E-state index is 0.0374. The maximum Gasteiger partial charge on any atom is 0.211 e. The van der Waals surface area contributed by atoms with Crippen LogP contribution in [0.5, 0.6) is 0 Å². The van der Waals surface area contributed by atoms with Crippen LogP contribution in [0.4, 0.5) is 8.78 Å². The number of ether oxygens (including phenoxy) is 1. The molecule has 2 aromatic carbocycles. The molecule has 0 saturated carbocycles. The Morgan fingerprint density at radius 2 is 1.82 bits per heavy atom. The zero-order valence-electron chi connectivity index (χ0n) is 22.6. The molecule has 2 aromatic rings. The van der Waals surface area contributed by atoms with E-state index in [1.54, 1.807) is 24.3 Å². The number of rotatable bonds is 10. The van der Waals surface area contributed by atoms with Gasteiger partial charge in [-0.25, -0.2) is 17.2 Å². The molecule has 10 heteroatoms. The van der Waals surface area contributed by atoms with Crippen LogP contribution in [0.3, 0.4) is 0 Å². The van der Waals surface area contributed by atoms with Gasteiger partial charge in [0.15, 0.2) is 5.78 Å². The molecule has 0 bridgehead atoms. The number of carbonyl (C=O) groups is 1. The second-order valence-corrected chi connectivity index (χ2v) is 12.8. The Bertz CT molecular complexity index is 1240. The Morgan fingerprint density at radius 1 is 1.13 bits per heavy atom. The fraction of sp³-hybridized carbons (Fsp3) is 0.552. The van der Waals surface area contributed by atoms with E-state index in [0.29, 0.717) is 43.9 Å². The highest BCUT2D eigenvalue weighted by atomic mass is 32.2. The van der Waals surface area contributed by atoms with E-state index in [0.717, 1.165) is 18.4 Å². The third-order valence-corrected chi connectivity index (χ3v) is 9.52. The number of hydrogen-bond acceptors (Lipinski definition) is 6. The quantitative estimate of drug-likeness (QED) is 0.461. The summed E-state index contributed by atoms with van der Waals surface area (Å²) in [5.41, 5.74) is 8.39. The average Bonchev–Trinajstić information content (AvgIpc) is 2.89. The first-order chi connectivity index (χ1) is 18.6. The summed E-state index contributed by atoms with van der Waals surface area (Å²) in [6, 6.07) is 9.44. The van der Waals surface area contributed by atoms with Gasteiger partial charge >= 0.3 is 0 Å². The van der Waals surface area contributed by atoms with Gasteiger partial charge in [-0.15, -0.1) is 0 Å². The van der Waals surface area contributed by atoms with Crippen molar-refractivity contribution in [2.45, 2.75) is 63.1 Å². The minimum atomic E-state index is -3.43. The van der Waals surface area contributed by atoms with Gasteiger partial charge in [0.2, 0.25) is 10.0 Å². The number of ketones is 1. The molecule has 39 heavy (non-hydrogen) atoms. The second-order valence-electron chi connectivity index (χ2n) is 10.9. The maximum absolute atomic E-state index is 15.1. The molecule has 0 radical (unpaired) electrons. The average molecular weight is 564 g/mol. The van der Waals surface area contributed by atoms with Crippen molar-refractivity contribution in [3.63, 3.8) is 0 Å². The molecule has 2 aliphatic heterocycles. The number of benzene rings is 2. The largest absolute Gasteiger partial charge is 0.381 e. The van der Waals surface area contributed by atoms with Crippen molar-refractivity contribution < 1.29 is 26.7 Å². The lowest BCUT2D eigenvalue weighted by molar-refractivity contribution is -0.120. The SMILES string of the molecule is C[C@H]1CNC[C@H](CCc2c(F)cccc2CC(=O)[C@@H](N)[C@@H](c2ccc(F)cc2)C2CCOCC2)N1S(C)(=O)=O. The van der Waals surface area contributed by atoms with E-state index in [2.05, 4.69) is 5.32 Å². The van der Waals surface area contributed by atoms with Gasteiger partial charge in [-0.3, -0.25) is 4.79 Å². The number of sulfonamides is 1. The summed E-state index contributed by atoms with van der Waals surface area (Å²) in [5.74, 6) is -1.19. The number of nitrogens with one attached hydrogen (secondary N) is 1. The summed E-state index contributed by atoms with van der Waals surface area (Å²) < 4.78 is 60.6. The van der Waals surface area contributed by atoms with Crippen LogP contribution in [0.15, 0.2) is 42.5 Å². The van der Waals surface area contributed by atoms with Gasteiger partial charge in [0, 0.05) is 50.7 Å². The molecule has 0 aromatic heterocycles. The lowest BCUT2D eigenvalue weighted by atomic mass is 9.75. The van der Waals surface area contributed by atoms with Crippen LogP contribution in [0.2, 0.25) is 0 Å². The summed E-state index contributed by atoms with van der Waals surface area (Å²) >= 11 is 0. The molecule has 2 heterocycles. The van der Waals surface area contributed by atoms with Crippen molar-refractivity contribution in [3.05, 3.63) is 70.8 Å². The number of piperazine rings is 1. The third-order valence-electron chi connectivity index (χ3n) is 8.09. The van der Waals surface area contributed by atoms with E-state index < -0.39 is 21.9 Å². The zero-order valence-corrected chi connectivity index (χ0v) is 23.4. The first-order valence-corrected chi connectivity index (χ1v) is 15.5. The van der Waals surface area contributed by atoms with Crippen molar-refractivity contribution in [1.29, 1.82) is 0 Å². The highest BCUT2D eigenvalue weighted by Gasteiger charge is 2.36. The molecular formula is C29H39F2N3O4S. The summed E-state index contributed by atoms with van der Waals surface area (Å²) in [4.78, 5) is 13.6. The Morgan fingerprint density at radius 3 is 2.49 bits per heavy atom. The standard InChI is InChI=1S/C29H39F2N3O4S/c1-19-17-33-18-24(34(19)39(2,36)37)10-11-25-22(4-3-5-26(25)31)16-27(35)29(32)28(21-12-14-38-15-13-21)20-6-8-23(30)9-7-20/h3-9,19,21,24,28-29,33H,10-18,32H2,1-2H3/t19-,24-,28-,29+/m0/s1. The molecule has 0 aliphatic carbocycles. The molecule has 0 spiro atoms. The number of hydrogen-bond donors (Lipinski definition) is 2. The topological polar surface area (TPSA) is 102 Å². The highest BCUT2D eigenvalue weighted by molar-refractivity contribution is 7.88. The summed E-state index contributed by atoms with van der Waals surface area (Å²) in [7, 11) is -3.43. The predicted octanol–water partition coefficient (Wildman–Crippen LogP) is 3.17. The van der Waals surface area contributed by atoms with Crippen LogP contribution >= 0.6 is 0 Å². The molecule has 214 valence electrons. The molecule has 2 fully saturated rings. The number of nitrogens with zero attached hydrogens (tertiary/aromatic N) is 1. The van der Waals surface area contributed by atoms with E-state index in [9.17, 15) is 17.6 Å². The van der Waals surface area contributed by atoms with Crippen molar-refractivity contribution in [2.75, 3.05) is 32.6 Å². The van der Waals surface area contributed by atoms with E-state index in [4.69, 9.17) is 10.5 Å². The molecule has 3 N–H and O–H groups in total. The zero-order chi connectivity index (χ0) is 28.2. The monoisotopic (exact) mass is 563 g/mol. The number of nitrogens with two attached hydrogens (primary N) is 1. The fourth-order valence-corrected chi connectivity index (χ4v) is 7.67. The first-order valence-electron chi connectivity index (χ1n) is 13.6. The van der Waals surface area contributed by atoms with Crippen molar-refractivity contribution in [1.82, 2.24) is 9.62 Å². The molecule has 4 rings (SSSR count). The number of carbonyl (C=O) groups excluding carboxylic acids is 1. The van der Waals surface area contributed by atoms with E-state index in [1.165, 1.54) is 28.8 Å². The molecule has 4 atom stereocenters. The maximum atomic E-state index is 15.1. The first kappa shape index (κ1) is 29.7. The Labute approximate surface area is 230 Å². The van der Waals surface area contributed by atoms with Crippen LogP contribution < -0.4 is 11.1 Å². The van der Waals surface area contributed by atoms with Crippen LogP contribution in [0.25, 0.3) is 0 Å². The van der Waals surface area contributed by atoms with Crippen molar-refractivity contribution in [2.24, 2.45) is 11.7 Å². The van der Waals surface area contributed by atoms with Gasteiger partial charge in [-0.1, -0.05) is 24.3 Å². The van der Waals surface area contributed by atoms with E-state index in [1.807, 2.05) is 6.92 Å². The molecule has 0 unspecified atom stereocenters. The van der Waals surface area contributed by atoms with Gasteiger partial charge < -0.3 is 15.8 Å². The van der Waals surface area contributed by atoms with Gasteiger partial charge in [0.25, 0.3) is 0 Å². The Hall–Kier alpha value is -2.24. The van der Waals surface area contributed by atoms with Gasteiger partial charge in [0.1, 0.15) is 11.6 Å². The van der Waals surface area contributed by atoms with Gasteiger partial charge in [-0.2, -0.15) is 4.31 Å². The predicted molar refractivity (Wildman–Crippen MR) is 147 cm³/mol. The van der Waals surface area contributed by atoms with E-state index >= 15 is 4.39 Å². The molecule has 7 nitrogen and oxygen atoms in total. The van der Waals surface area contributed by atoms with Crippen LogP contribution in [-0.2, 0) is 32.4 Å². The van der Waals surface area contributed by atoms with Crippen LogP contribution in [0, 0.1) is 17.6 Å². The fourth-order valence-electron chi connectivity index (χ4n) is 6.22. The van der Waals surface area contributed by atoms with Crippen molar-refractivity contribution >= 4 is 15.8 Å². The van der Waals surface area contributed by atoms with Gasteiger partial charge in [0.05, 0.1) is 12.3 Å². The van der Waals surface area contributed by atoms with Crippen LogP contribution in [0.1, 0.15) is 48.8 Å². The molecule has 0 amide bonds. The smallest absolute Gasteiger partial charge is 0.211 e. The van der Waals surface area contributed by atoms with E-state index in [-0.39, 0.29) is 48.4 Å².